The molecule has 1 aromatic heterocycles. The van der Waals surface area contributed by atoms with E-state index in [0.717, 1.165) is 41.8 Å². The molecule has 0 aliphatic carbocycles. The molecular weight excluding hydrogens is 406 g/mol. The van der Waals surface area contributed by atoms with Crippen LogP contribution in [-0.4, -0.2) is 11.4 Å². The van der Waals surface area contributed by atoms with Crippen LogP contribution in [0, 0.1) is 11.6 Å². The standard InChI is InChI=1S/C25H23F4NO/c1-2-3-18-8-11-23(30-16-18)20-9-6-17(7-10-20)4-5-19-14-21(26)25(22(27)15-19)31-13-12-24(28)29/h6-16,24H,2-5H2,1H3/b13-12+. The van der Waals surface area contributed by atoms with Gasteiger partial charge in [0.25, 0.3) is 6.43 Å². The lowest BCUT2D eigenvalue weighted by molar-refractivity contribution is 0.200. The first-order chi connectivity index (χ1) is 15.0. The summed E-state index contributed by atoms with van der Waals surface area (Å²) in [6, 6.07) is 14.3. The zero-order valence-corrected chi connectivity index (χ0v) is 17.1. The van der Waals surface area contributed by atoms with Gasteiger partial charge in [0.2, 0.25) is 0 Å². The number of aromatic nitrogens is 1. The van der Waals surface area contributed by atoms with E-state index in [-0.39, 0.29) is 0 Å². The van der Waals surface area contributed by atoms with Gasteiger partial charge in [-0.25, -0.2) is 17.6 Å². The van der Waals surface area contributed by atoms with Crippen molar-refractivity contribution < 1.29 is 22.3 Å². The molecule has 2 nitrogen and oxygen atoms in total. The minimum Gasteiger partial charge on any atom is -0.459 e. The molecule has 0 saturated heterocycles. The molecule has 2 aromatic carbocycles. The van der Waals surface area contributed by atoms with E-state index >= 15 is 0 Å². The van der Waals surface area contributed by atoms with Crippen LogP contribution < -0.4 is 4.74 Å². The Morgan fingerprint density at radius 3 is 2.10 bits per heavy atom. The van der Waals surface area contributed by atoms with Crippen molar-refractivity contribution in [2.24, 2.45) is 0 Å². The summed E-state index contributed by atoms with van der Waals surface area (Å²) in [6.07, 6.45) is 3.23. The van der Waals surface area contributed by atoms with Crippen LogP contribution in [0.1, 0.15) is 30.0 Å². The Morgan fingerprint density at radius 2 is 1.52 bits per heavy atom. The van der Waals surface area contributed by atoms with Crippen molar-refractivity contribution in [3.63, 3.8) is 0 Å². The maximum atomic E-state index is 14.1. The highest BCUT2D eigenvalue weighted by Crippen LogP contribution is 2.25. The minimum absolute atomic E-state index is 0.408. The van der Waals surface area contributed by atoms with Gasteiger partial charge in [-0.3, -0.25) is 4.98 Å². The maximum absolute atomic E-state index is 14.1. The van der Waals surface area contributed by atoms with Gasteiger partial charge < -0.3 is 4.74 Å². The molecule has 0 aliphatic rings. The van der Waals surface area contributed by atoms with Crippen molar-refractivity contribution >= 4 is 0 Å². The first-order valence-corrected chi connectivity index (χ1v) is 10.1. The van der Waals surface area contributed by atoms with Crippen LogP contribution in [0.5, 0.6) is 5.75 Å². The highest BCUT2D eigenvalue weighted by atomic mass is 19.3. The number of hydrogen-bond donors (Lipinski definition) is 0. The van der Waals surface area contributed by atoms with Crippen LogP contribution in [0.4, 0.5) is 17.6 Å². The first-order valence-electron chi connectivity index (χ1n) is 10.1. The number of hydrogen-bond acceptors (Lipinski definition) is 2. The fourth-order valence-electron chi connectivity index (χ4n) is 3.20. The van der Waals surface area contributed by atoms with E-state index in [1.165, 1.54) is 5.56 Å². The van der Waals surface area contributed by atoms with Gasteiger partial charge >= 0.3 is 0 Å². The van der Waals surface area contributed by atoms with E-state index in [1.807, 2.05) is 36.5 Å². The van der Waals surface area contributed by atoms with Gasteiger partial charge in [0, 0.05) is 17.8 Å². The molecule has 0 aliphatic heterocycles. The fourth-order valence-corrected chi connectivity index (χ4v) is 3.20. The van der Waals surface area contributed by atoms with Crippen LogP contribution in [-0.2, 0) is 19.3 Å². The fraction of sp³-hybridized carbons (Fsp3) is 0.240. The quantitative estimate of drug-likeness (QED) is 0.272. The van der Waals surface area contributed by atoms with Gasteiger partial charge in [-0.1, -0.05) is 43.7 Å². The van der Waals surface area contributed by atoms with Gasteiger partial charge in [-0.2, -0.15) is 0 Å². The monoisotopic (exact) mass is 429 g/mol. The minimum atomic E-state index is -2.76. The second-order valence-electron chi connectivity index (χ2n) is 7.17. The van der Waals surface area contributed by atoms with Crippen molar-refractivity contribution in [3.8, 4) is 17.0 Å². The van der Waals surface area contributed by atoms with Crippen LogP contribution in [0.3, 0.4) is 0 Å². The van der Waals surface area contributed by atoms with Crippen LogP contribution in [0.25, 0.3) is 11.3 Å². The van der Waals surface area contributed by atoms with E-state index in [2.05, 4.69) is 22.7 Å². The van der Waals surface area contributed by atoms with E-state index < -0.39 is 23.8 Å². The normalized spacial score (nSPS) is 11.4. The number of pyridine rings is 1. The maximum Gasteiger partial charge on any atom is 0.260 e. The van der Waals surface area contributed by atoms with Crippen molar-refractivity contribution in [3.05, 3.63) is 95.4 Å². The first kappa shape index (κ1) is 22.5. The molecule has 0 N–H and O–H groups in total. The topological polar surface area (TPSA) is 22.1 Å². The summed E-state index contributed by atoms with van der Waals surface area (Å²) in [6.45, 7) is 2.13. The third kappa shape index (κ3) is 6.41. The van der Waals surface area contributed by atoms with E-state index in [1.54, 1.807) is 0 Å². The predicted molar refractivity (Wildman–Crippen MR) is 113 cm³/mol. The molecule has 0 amide bonds. The molecule has 0 bridgehead atoms. The zero-order chi connectivity index (χ0) is 22.2. The Labute approximate surface area is 179 Å². The van der Waals surface area contributed by atoms with Crippen molar-refractivity contribution in [1.82, 2.24) is 4.98 Å². The molecule has 0 fully saturated rings. The van der Waals surface area contributed by atoms with Crippen LogP contribution in [0.15, 0.2) is 67.1 Å². The molecule has 0 saturated carbocycles. The van der Waals surface area contributed by atoms with Crippen LogP contribution in [0.2, 0.25) is 0 Å². The average Bonchev–Trinajstić information content (AvgIpc) is 2.75. The van der Waals surface area contributed by atoms with E-state index in [0.29, 0.717) is 30.7 Å². The highest BCUT2D eigenvalue weighted by molar-refractivity contribution is 5.59. The van der Waals surface area contributed by atoms with E-state index in [9.17, 15) is 17.6 Å². The van der Waals surface area contributed by atoms with Gasteiger partial charge in [0.05, 0.1) is 12.0 Å². The van der Waals surface area contributed by atoms with Crippen LogP contribution >= 0.6 is 0 Å². The molecule has 0 unspecified atom stereocenters. The lowest BCUT2D eigenvalue weighted by atomic mass is 10.0. The average molecular weight is 429 g/mol. The van der Waals surface area contributed by atoms with Crippen molar-refractivity contribution in [1.29, 1.82) is 0 Å². The summed E-state index contributed by atoms with van der Waals surface area (Å²) in [5, 5.41) is 0. The number of nitrogens with zero attached hydrogens (tertiary/aromatic N) is 1. The number of ether oxygens (including phenoxy) is 1. The van der Waals surface area contributed by atoms with Gasteiger partial charge in [0.15, 0.2) is 17.4 Å². The Bertz CT molecular complexity index is 992. The number of allylic oxidation sites excluding steroid dienone is 1. The molecule has 1 heterocycles. The summed E-state index contributed by atoms with van der Waals surface area (Å²) < 4.78 is 57.0. The summed E-state index contributed by atoms with van der Waals surface area (Å²) in [5.41, 5.74) is 4.59. The number of benzene rings is 2. The Hall–Kier alpha value is -3.15. The third-order valence-electron chi connectivity index (χ3n) is 4.78. The van der Waals surface area contributed by atoms with Gasteiger partial charge in [-0.15, -0.1) is 0 Å². The van der Waals surface area contributed by atoms with Gasteiger partial charge in [0.1, 0.15) is 0 Å². The van der Waals surface area contributed by atoms with Gasteiger partial charge in [-0.05, 0) is 54.2 Å². The predicted octanol–water partition coefficient (Wildman–Crippen LogP) is 6.92. The molecular formula is C25H23F4NO. The molecule has 0 spiro atoms. The largest absolute Gasteiger partial charge is 0.459 e. The van der Waals surface area contributed by atoms with Crippen molar-refractivity contribution in [2.45, 2.75) is 39.0 Å². The summed E-state index contributed by atoms with van der Waals surface area (Å²) >= 11 is 0. The number of rotatable bonds is 9. The summed E-state index contributed by atoms with van der Waals surface area (Å²) in [7, 11) is 0. The highest BCUT2D eigenvalue weighted by Gasteiger charge is 2.12. The van der Waals surface area contributed by atoms with Crippen molar-refractivity contribution in [2.75, 3.05) is 0 Å². The second kappa shape index (κ2) is 10.8. The molecule has 6 heteroatoms. The number of aryl methyl sites for hydroxylation is 3. The Balaban J connectivity index is 1.62. The molecule has 3 aromatic rings. The molecule has 0 atom stereocenters. The lowest BCUT2D eigenvalue weighted by Crippen LogP contribution is -1.98. The molecule has 3 rings (SSSR count). The molecule has 0 radical (unpaired) electrons. The SMILES string of the molecule is CCCc1ccc(-c2ccc(CCc3cc(F)c(O/C=C/C(F)F)c(F)c3)cc2)nc1. The summed E-state index contributed by atoms with van der Waals surface area (Å²) in [4.78, 5) is 4.51. The lowest BCUT2D eigenvalue weighted by Gasteiger charge is -2.08. The zero-order valence-electron chi connectivity index (χ0n) is 17.1. The molecule has 31 heavy (non-hydrogen) atoms. The summed E-state index contributed by atoms with van der Waals surface area (Å²) in [5.74, 6) is -2.55. The Kier molecular flexibility index (Phi) is 7.82. The molecule has 162 valence electrons. The smallest absolute Gasteiger partial charge is 0.260 e. The number of alkyl halides is 2. The number of halogens is 4. The Morgan fingerprint density at radius 1 is 0.871 bits per heavy atom. The second-order valence-corrected chi connectivity index (χ2v) is 7.17. The third-order valence-corrected chi connectivity index (χ3v) is 4.78. The van der Waals surface area contributed by atoms with E-state index in [4.69, 9.17) is 0 Å².